The van der Waals surface area contributed by atoms with Crippen LogP contribution in [0.2, 0.25) is 0 Å². The Hall–Kier alpha value is -1.96. The van der Waals surface area contributed by atoms with Crippen molar-refractivity contribution in [3.8, 4) is 6.07 Å². The Kier molecular flexibility index (Phi) is 2.13. The monoisotopic (exact) mass is 147 g/mol. The molecule has 1 aromatic rings. The summed E-state index contributed by atoms with van der Waals surface area (Å²) in [5.41, 5.74) is 0.487. The molecule has 1 heterocycles. The maximum Gasteiger partial charge on any atom is 0.176 e. The predicted octanol–water partition coefficient (Wildman–Crippen LogP) is 0.911. The van der Waals surface area contributed by atoms with Crippen LogP contribution in [0.25, 0.3) is 0 Å². The van der Waals surface area contributed by atoms with Gasteiger partial charge in [0.25, 0.3) is 0 Å². The molecular formula is C6H5N5. The van der Waals surface area contributed by atoms with Crippen molar-refractivity contribution in [2.75, 3.05) is 0 Å². The topological polar surface area (TPSA) is 87.4 Å². The Balaban J connectivity index is 2.94. The van der Waals surface area contributed by atoms with E-state index in [1.54, 1.807) is 12.1 Å². The van der Waals surface area contributed by atoms with Gasteiger partial charge < -0.3 is 5.84 Å². The van der Waals surface area contributed by atoms with Crippen LogP contribution in [0, 0.1) is 11.3 Å². The van der Waals surface area contributed by atoms with Gasteiger partial charge in [-0.3, -0.25) is 0 Å². The highest BCUT2D eigenvalue weighted by molar-refractivity contribution is 5.33. The number of hydrogen-bond acceptors (Lipinski definition) is 4. The largest absolute Gasteiger partial charge is 0.305 e. The fourth-order valence-corrected chi connectivity index (χ4v) is 0.571. The summed E-state index contributed by atoms with van der Waals surface area (Å²) in [7, 11) is 0. The molecular weight excluding hydrogens is 142 g/mol. The average molecular weight is 147 g/mol. The highest BCUT2D eigenvalue weighted by Gasteiger charge is 1.90. The van der Waals surface area contributed by atoms with E-state index in [-0.39, 0.29) is 0 Å². The van der Waals surface area contributed by atoms with Gasteiger partial charge in [-0.15, -0.1) is 5.11 Å². The van der Waals surface area contributed by atoms with E-state index in [9.17, 15) is 0 Å². The summed E-state index contributed by atoms with van der Waals surface area (Å²) in [5, 5.41) is 14.9. The summed E-state index contributed by atoms with van der Waals surface area (Å²) in [5.74, 6) is 5.18. The zero-order valence-electron chi connectivity index (χ0n) is 5.60. The van der Waals surface area contributed by atoms with Crippen LogP contribution in [-0.2, 0) is 0 Å². The lowest BCUT2D eigenvalue weighted by atomic mass is 10.3. The molecule has 1 aromatic heterocycles. The van der Waals surface area contributed by atoms with Crippen molar-refractivity contribution in [1.82, 2.24) is 4.98 Å². The number of nitriles is 1. The van der Waals surface area contributed by atoms with Crippen LogP contribution >= 0.6 is 0 Å². The van der Waals surface area contributed by atoms with E-state index in [1.807, 2.05) is 6.07 Å². The Morgan fingerprint density at radius 1 is 1.55 bits per heavy atom. The SMILES string of the molecule is N#Cc1ccc(N=NN)nc1. The van der Waals surface area contributed by atoms with Crippen molar-refractivity contribution in [3.63, 3.8) is 0 Å². The molecule has 0 aliphatic heterocycles. The van der Waals surface area contributed by atoms with Gasteiger partial charge in [-0.2, -0.15) is 5.26 Å². The fourth-order valence-electron chi connectivity index (χ4n) is 0.571. The van der Waals surface area contributed by atoms with Gasteiger partial charge in [-0.1, -0.05) is 5.22 Å². The second-order valence-electron chi connectivity index (χ2n) is 1.73. The van der Waals surface area contributed by atoms with Gasteiger partial charge in [0.1, 0.15) is 6.07 Å². The van der Waals surface area contributed by atoms with E-state index in [0.29, 0.717) is 11.4 Å². The van der Waals surface area contributed by atoms with Crippen LogP contribution in [-0.4, -0.2) is 4.98 Å². The molecule has 0 aromatic carbocycles. The van der Waals surface area contributed by atoms with Crippen LogP contribution in [0.1, 0.15) is 5.56 Å². The van der Waals surface area contributed by atoms with Gasteiger partial charge >= 0.3 is 0 Å². The molecule has 0 unspecified atom stereocenters. The van der Waals surface area contributed by atoms with Crippen molar-refractivity contribution >= 4 is 5.82 Å². The molecule has 0 saturated heterocycles. The summed E-state index contributed by atoms with van der Waals surface area (Å²) in [6.07, 6.45) is 1.41. The first-order chi connectivity index (χ1) is 5.36. The summed E-state index contributed by atoms with van der Waals surface area (Å²) < 4.78 is 0. The van der Waals surface area contributed by atoms with Gasteiger partial charge in [-0.05, 0) is 12.1 Å². The summed E-state index contributed by atoms with van der Waals surface area (Å²) >= 11 is 0. The normalized spacial score (nSPS) is 9.73. The van der Waals surface area contributed by atoms with Crippen molar-refractivity contribution < 1.29 is 0 Å². The number of pyridine rings is 1. The molecule has 5 nitrogen and oxygen atoms in total. The van der Waals surface area contributed by atoms with Crippen LogP contribution in [0.3, 0.4) is 0 Å². The Bertz CT molecular complexity index is 294. The van der Waals surface area contributed by atoms with Crippen molar-refractivity contribution in [1.29, 1.82) is 5.26 Å². The molecule has 0 aliphatic rings. The maximum absolute atomic E-state index is 8.39. The Morgan fingerprint density at radius 3 is 2.82 bits per heavy atom. The van der Waals surface area contributed by atoms with Crippen LogP contribution in [0.15, 0.2) is 28.7 Å². The van der Waals surface area contributed by atoms with E-state index < -0.39 is 0 Å². The quantitative estimate of drug-likeness (QED) is 0.363. The molecule has 0 amide bonds. The number of nitrogens with zero attached hydrogens (tertiary/aromatic N) is 4. The Labute approximate surface area is 63.2 Å². The second-order valence-corrected chi connectivity index (χ2v) is 1.73. The number of nitrogens with two attached hydrogens (primary N) is 1. The lowest BCUT2D eigenvalue weighted by molar-refractivity contribution is 1.03. The van der Waals surface area contributed by atoms with Crippen molar-refractivity contribution in [3.05, 3.63) is 23.9 Å². The molecule has 0 spiro atoms. The smallest absolute Gasteiger partial charge is 0.176 e. The van der Waals surface area contributed by atoms with Gasteiger partial charge in [0.05, 0.1) is 5.56 Å². The molecule has 0 aliphatic carbocycles. The first-order valence-electron chi connectivity index (χ1n) is 2.84. The number of hydrogen-bond donors (Lipinski definition) is 1. The standard InChI is InChI=1S/C6H5N5/c7-3-5-1-2-6(9-4-5)10-11-8/h1-2,4H,(H2,8,9,10). The van der Waals surface area contributed by atoms with E-state index >= 15 is 0 Å². The lowest BCUT2D eigenvalue weighted by Crippen LogP contribution is -1.79. The Morgan fingerprint density at radius 2 is 2.36 bits per heavy atom. The zero-order chi connectivity index (χ0) is 8.10. The van der Waals surface area contributed by atoms with Gasteiger partial charge in [-0.25, -0.2) is 4.98 Å². The minimum Gasteiger partial charge on any atom is -0.305 e. The molecule has 54 valence electrons. The summed E-state index contributed by atoms with van der Waals surface area (Å²) in [6, 6.07) is 5.09. The zero-order valence-corrected chi connectivity index (χ0v) is 5.60. The van der Waals surface area contributed by atoms with E-state index in [0.717, 1.165) is 0 Å². The molecule has 5 heteroatoms. The molecule has 0 saturated carbocycles. The minimum atomic E-state index is 0.395. The third-order valence-electron chi connectivity index (χ3n) is 1.04. The lowest BCUT2D eigenvalue weighted by Gasteiger charge is -1.88. The molecule has 0 bridgehead atoms. The van der Waals surface area contributed by atoms with E-state index in [2.05, 4.69) is 15.3 Å². The van der Waals surface area contributed by atoms with Crippen molar-refractivity contribution in [2.24, 2.45) is 16.2 Å². The van der Waals surface area contributed by atoms with Crippen molar-refractivity contribution in [2.45, 2.75) is 0 Å². The third-order valence-corrected chi connectivity index (χ3v) is 1.04. The van der Waals surface area contributed by atoms with E-state index in [1.165, 1.54) is 6.20 Å². The fraction of sp³-hybridized carbons (Fsp3) is 0. The van der Waals surface area contributed by atoms with Gasteiger partial charge in [0, 0.05) is 6.20 Å². The van der Waals surface area contributed by atoms with Crippen LogP contribution in [0.4, 0.5) is 5.82 Å². The molecule has 11 heavy (non-hydrogen) atoms. The highest BCUT2D eigenvalue weighted by Crippen LogP contribution is 2.06. The average Bonchev–Trinajstić information content (AvgIpc) is 2.07. The van der Waals surface area contributed by atoms with Crippen LogP contribution < -0.4 is 5.84 Å². The van der Waals surface area contributed by atoms with Gasteiger partial charge in [0.2, 0.25) is 0 Å². The first-order valence-corrected chi connectivity index (χ1v) is 2.84. The first kappa shape index (κ1) is 7.15. The maximum atomic E-state index is 8.39. The second kappa shape index (κ2) is 3.27. The minimum absolute atomic E-state index is 0.395. The highest BCUT2D eigenvalue weighted by atomic mass is 15.3. The molecule has 0 fully saturated rings. The predicted molar refractivity (Wildman–Crippen MR) is 37.7 cm³/mol. The van der Waals surface area contributed by atoms with Crippen LogP contribution in [0.5, 0.6) is 0 Å². The molecule has 0 radical (unpaired) electrons. The molecule has 1 rings (SSSR count). The summed E-state index contributed by atoms with van der Waals surface area (Å²) in [4.78, 5) is 3.78. The summed E-state index contributed by atoms with van der Waals surface area (Å²) in [6.45, 7) is 0. The molecule has 0 atom stereocenters. The van der Waals surface area contributed by atoms with E-state index in [4.69, 9.17) is 11.1 Å². The molecule has 2 N–H and O–H groups in total. The third kappa shape index (κ3) is 1.72. The number of rotatable bonds is 1. The van der Waals surface area contributed by atoms with Gasteiger partial charge in [0.15, 0.2) is 5.82 Å². The number of aromatic nitrogens is 1.